The molecular weight excluding hydrogens is 160 g/mol. The first-order valence-corrected chi connectivity index (χ1v) is 4.03. The number of nitrogens with two attached hydrogens (primary N) is 1. The van der Waals surface area contributed by atoms with Gasteiger partial charge in [-0.15, -0.1) is 0 Å². The van der Waals surface area contributed by atoms with E-state index in [0.29, 0.717) is 13.1 Å². The zero-order valence-electron chi connectivity index (χ0n) is 6.73. The highest BCUT2D eigenvalue weighted by Gasteiger charge is 2.31. The Morgan fingerprint density at radius 2 is 1.75 bits per heavy atom. The van der Waals surface area contributed by atoms with E-state index in [1.807, 2.05) is 0 Å². The van der Waals surface area contributed by atoms with E-state index in [1.54, 1.807) is 4.90 Å². The summed E-state index contributed by atoms with van der Waals surface area (Å²) in [5.41, 5.74) is 5.16. The highest BCUT2D eigenvalue weighted by Crippen LogP contribution is 2.15. The van der Waals surface area contributed by atoms with Crippen LogP contribution in [0.25, 0.3) is 0 Å². The van der Waals surface area contributed by atoms with Crippen molar-refractivity contribution in [1.29, 1.82) is 0 Å². The summed E-state index contributed by atoms with van der Waals surface area (Å²) in [5.74, 6) is 0. The largest absolute Gasteiger partial charge is 0.371 e. The molecule has 2 rings (SSSR count). The monoisotopic (exact) mass is 172 g/mol. The van der Waals surface area contributed by atoms with Gasteiger partial charge in [-0.25, -0.2) is 4.79 Å². The molecule has 0 aliphatic carbocycles. The molecule has 2 atom stereocenters. The molecule has 0 spiro atoms. The Hall–Kier alpha value is -0.810. The number of amides is 2. The van der Waals surface area contributed by atoms with E-state index in [1.165, 1.54) is 0 Å². The maximum Gasteiger partial charge on any atom is 0.314 e. The van der Waals surface area contributed by atoms with Gasteiger partial charge in [0.25, 0.3) is 0 Å². The summed E-state index contributed by atoms with van der Waals surface area (Å²) < 4.78 is 10.0. The van der Waals surface area contributed by atoms with Crippen LogP contribution >= 0.6 is 0 Å². The molecule has 12 heavy (non-hydrogen) atoms. The van der Waals surface area contributed by atoms with Crippen molar-refractivity contribution < 1.29 is 14.3 Å². The minimum atomic E-state index is -0.388. The van der Waals surface area contributed by atoms with Crippen LogP contribution in [0.3, 0.4) is 0 Å². The van der Waals surface area contributed by atoms with Gasteiger partial charge >= 0.3 is 6.03 Å². The molecule has 2 unspecified atom stereocenters. The lowest BCUT2D eigenvalue weighted by molar-refractivity contribution is 0.194. The van der Waals surface area contributed by atoms with Gasteiger partial charge in [0.1, 0.15) is 0 Å². The van der Waals surface area contributed by atoms with Gasteiger partial charge in [-0.05, 0) is 0 Å². The fourth-order valence-corrected chi connectivity index (χ4v) is 1.09. The van der Waals surface area contributed by atoms with Crippen LogP contribution in [-0.2, 0) is 9.47 Å². The second-order valence-electron chi connectivity index (χ2n) is 3.15. The van der Waals surface area contributed by atoms with Crippen LogP contribution in [-0.4, -0.2) is 49.4 Å². The number of ether oxygens (including phenoxy) is 2. The van der Waals surface area contributed by atoms with E-state index in [2.05, 4.69) is 0 Å². The van der Waals surface area contributed by atoms with Crippen LogP contribution in [0.4, 0.5) is 4.79 Å². The molecule has 2 fully saturated rings. The van der Waals surface area contributed by atoms with Gasteiger partial charge in [-0.3, -0.25) is 0 Å². The fraction of sp³-hybridized carbons (Fsp3) is 0.857. The Kier molecular flexibility index (Phi) is 1.90. The highest BCUT2D eigenvalue weighted by molar-refractivity contribution is 5.72. The van der Waals surface area contributed by atoms with Crippen LogP contribution in [0.2, 0.25) is 0 Å². The molecule has 2 saturated heterocycles. The summed E-state index contributed by atoms with van der Waals surface area (Å²) >= 11 is 0. The van der Waals surface area contributed by atoms with Gasteiger partial charge in [0.15, 0.2) is 0 Å². The zero-order valence-corrected chi connectivity index (χ0v) is 6.73. The molecule has 2 amide bonds. The van der Waals surface area contributed by atoms with Crippen molar-refractivity contribution in [3.05, 3.63) is 0 Å². The molecule has 5 heteroatoms. The molecule has 5 nitrogen and oxygen atoms in total. The van der Waals surface area contributed by atoms with E-state index in [-0.39, 0.29) is 18.2 Å². The van der Waals surface area contributed by atoms with E-state index >= 15 is 0 Å². The van der Waals surface area contributed by atoms with E-state index < -0.39 is 0 Å². The summed E-state index contributed by atoms with van der Waals surface area (Å²) in [7, 11) is 0. The number of hydrogen-bond donors (Lipinski definition) is 1. The summed E-state index contributed by atoms with van der Waals surface area (Å²) in [6, 6.07) is -0.388. The molecule has 2 heterocycles. The van der Waals surface area contributed by atoms with Gasteiger partial charge in [-0.1, -0.05) is 0 Å². The molecule has 0 aromatic carbocycles. The van der Waals surface area contributed by atoms with Crippen molar-refractivity contribution in [2.24, 2.45) is 5.73 Å². The first-order valence-electron chi connectivity index (χ1n) is 4.03. The van der Waals surface area contributed by atoms with Gasteiger partial charge < -0.3 is 20.1 Å². The molecule has 2 aliphatic heterocycles. The van der Waals surface area contributed by atoms with E-state index in [9.17, 15) is 4.79 Å². The predicted octanol–water partition coefficient (Wildman–Crippen LogP) is -0.835. The van der Waals surface area contributed by atoms with Crippen LogP contribution in [0.1, 0.15) is 0 Å². The van der Waals surface area contributed by atoms with Crippen molar-refractivity contribution in [3.8, 4) is 0 Å². The smallest absolute Gasteiger partial charge is 0.314 e. The third-order valence-electron chi connectivity index (χ3n) is 1.96. The number of epoxide rings is 2. The van der Waals surface area contributed by atoms with E-state index in [0.717, 1.165) is 13.2 Å². The average molecular weight is 172 g/mol. The van der Waals surface area contributed by atoms with Crippen LogP contribution in [0.15, 0.2) is 0 Å². The Bertz CT molecular complexity index is 175. The number of nitrogens with zero attached hydrogens (tertiary/aromatic N) is 1. The van der Waals surface area contributed by atoms with Gasteiger partial charge in [0.05, 0.1) is 38.5 Å². The Morgan fingerprint density at radius 1 is 1.33 bits per heavy atom. The normalized spacial score (nSPS) is 31.3. The summed E-state index contributed by atoms with van der Waals surface area (Å²) in [5, 5.41) is 0. The number of primary amides is 1. The molecule has 68 valence electrons. The maximum atomic E-state index is 10.9. The summed E-state index contributed by atoms with van der Waals surface area (Å²) in [4.78, 5) is 12.4. The van der Waals surface area contributed by atoms with Crippen molar-refractivity contribution in [2.75, 3.05) is 26.3 Å². The van der Waals surface area contributed by atoms with Gasteiger partial charge in [0, 0.05) is 0 Å². The SMILES string of the molecule is NC(=O)N(CC1CO1)CC1CO1. The average Bonchev–Trinajstić information content (AvgIpc) is 2.78. The molecular formula is C7H12N2O3. The molecule has 0 radical (unpaired) electrons. The molecule has 0 bridgehead atoms. The summed E-state index contributed by atoms with van der Waals surface area (Å²) in [6.07, 6.45) is 0.410. The molecule has 2 aliphatic rings. The van der Waals surface area contributed by atoms with Crippen LogP contribution in [0, 0.1) is 0 Å². The quantitative estimate of drug-likeness (QED) is 0.562. The van der Waals surface area contributed by atoms with Crippen molar-refractivity contribution in [3.63, 3.8) is 0 Å². The Balaban J connectivity index is 1.77. The fourth-order valence-electron chi connectivity index (χ4n) is 1.09. The Labute approximate surface area is 70.4 Å². The first kappa shape index (κ1) is 7.82. The number of urea groups is 1. The van der Waals surface area contributed by atoms with Crippen LogP contribution < -0.4 is 5.73 Å². The highest BCUT2D eigenvalue weighted by atomic mass is 16.6. The van der Waals surface area contributed by atoms with Crippen molar-refractivity contribution in [2.45, 2.75) is 12.2 Å². The lowest BCUT2D eigenvalue weighted by atomic mass is 10.3. The summed E-state index contributed by atoms with van der Waals surface area (Å²) in [6.45, 7) is 2.70. The second-order valence-corrected chi connectivity index (χ2v) is 3.15. The number of hydrogen-bond acceptors (Lipinski definition) is 3. The zero-order chi connectivity index (χ0) is 8.55. The minimum Gasteiger partial charge on any atom is -0.371 e. The maximum absolute atomic E-state index is 10.9. The third-order valence-corrected chi connectivity index (χ3v) is 1.96. The third kappa shape index (κ3) is 2.09. The Morgan fingerprint density at radius 3 is 2.00 bits per heavy atom. The lowest BCUT2D eigenvalue weighted by Crippen LogP contribution is -2.40. The van der Waals surface area contributed by atoms with Crippen molar-refractivity contribution in [1.82, 2.24) is 4.90 Å². The molecule has 0 aromatic rings. The van der Waals surface area contributed by atoms with Crippen molar-refractivity contribution >= 4 is 6.03 Å². The minimum absolute atomic E-state index is 0.205. The van der Waals surface area contributed by atoms with Gasteiger partial charge in [-0.2, -0.15) is 0 Å². The lowest BCUT2D eigenvalue weighted by Gasteiger charge is -2.17. The number of carbonyl (C=O) groups is 1. The second kappa shape index (κ2) is 2.91. The number of rotatable bonds is 4. The van der Waals surface area contributed by atoms with Gasteiger partial charge in [0.2, 0.25) is 0 Å². The molecule has 2 N–H and O–H groups in total. The topological polar surface area (TPSA) is 71.4 Å². The predicted molar refractivity (Wildman–Crippen MR) is 40.6 cm³/mol. The molecule has 0 aromatic heterocycles. The van der Waals surface area contributed by atoms with Crippen LogP contribution in [0.5, 0.6) is 0 Å². The number of carbonyl (C=O) groups excluding carboxylic acids is 1. The molecule has 0 saturated carbocycles. The first-order chi connectivity index (χ1) is 5.75. The van der Waals surface area contributed by atoms with E-state index in [4.69, 9.17) is 15.2 Å². The standard InChI is InChI=1S/C7H12N2O3/c8-7(10)9(1-5-3-11-5)2-6-4-12-6/h5-6H,1-4H2,(H2,8,10).